The predicted molar refractivity (Wildman–Crippen MR) is 79.1 cm³/mol. The number of sulfonamides is 1. The summed E-state index contributed by atoms with van der Waals surface area (Å²) in [6, 6.07) is 12.1. The van der Waals surface area contributed by atoms with Gasteiger partial charge in [-0.25, -0.2) is 18.1 Å². The van der Waals surface area contributed by atoms with Crippen molar-refractivity contribution in [3.63, 3.8) is 0 Å². The number of benzene rings is 2. The number of nitrogens with one attached hydrogen (secondary N) is 2. The van der Waals surface area contributed by atoms with E-state index in [-0.39, 0.29) is 4.90 Å². The molecule has 1 heterocycles. The van der Waals surface area contributed by atoms with Crippen LogP contribution in [0.4, 0.5) is 0 Å². The molecule has 6 nitrogen and oxygen atoms in total. The monoisotopic (exact) mass is 302 g/mol. The van der Waals surface area contributed by atoms with Gasteiger partial charge in [0, 0.05) is 5.39 Å². The molecule has 0 spiro atoms. The third kappa shape index (κ3) is 2.65. The molecule has 0 saturated heterocycles. The zero-order valence-corrected chi connectivity index (χ0v) is 12.1. The standard InChI is InChI=1S/C14H14N4O2S/c1-10(14-15-9-16-17-14)18-21(19,20)13-8-4-6-11-5-2-3-7-12(11)13/h2-10,18H,1H3,(H,15,16,17). The molecule has 0 radical (unpaired) electrons. The first kappa shape index (κ1) is 13.7. The van der Waals surface area contributed by atoms with Crippen molar-refractivity contribution in [2.45, 2.75) is 17.9 Å². The molecule has 1 atom stereocenters. The largest absolute Gasteiger partial charge is 0.262 e. The van der Waals surface area contributed by atoms with Gasteiger partial charge >= 0.3 is 0 Å². The Hall–Kier alpha value is -2.25. The van der Waals surface area contributed by atoms with Crippen LogP contribution in [0.3, 0.4) is 0 Å². The Balaban J connectivity index is 2.01. The summed E-state index contributed by atoms with van der Waals surface area (Å²) in [7, 11) is -3.65. The van der Waals surface area contributed by atoms with Gasteiger partial charge in [-0.1, -0.05) is 36.4 Å². The summed E-state index contributed by atoms with van der Waals surface area (Å²) in [4.78, 5) is 4.22. The van der Waals surface area contributed by atoms with Crippen LogP contribution in [0, 0.1) is 0 Å². The maximum atomic E-state index is 12.6. The number of aromatic amines is 1. The number of nitrogens with zero attached hydrogens (tertiary/aromatic N) is 2. The molecule has 0 amide bonds. The lowest BCUT2D eigenvalue weighted by Gasteiger charge is -2.13. The summed E-state index contributed by atoms with van der Waals surface area (Å²) in [5.74, 6) is 0.471. The quantitative estimate of drug-likeness (QED) is 0.771. The smallest absolute Gasteiger partial charge is 0.241 e. The Morgan fingerprint density at radius 2 is 1.90 bits per heavy atom. The minimum Gasteiger partial charge on any atom is -0.262 e. The second-order valence-corrected chi connectivity index (χ2v) is 6.37. The van der Waals surface area contributed by atoms with Gasteiger partial charge in [0.25, 0.3) is 0 Å². The summed E-state index contributed by atoms with van der Waals surface area (Å²) < 4.78 is 27.8. The van der Waals surface area contributed by atoms with Crippen LogP contribution in [0.5, 0.6) is 0 Å². The molecule has 1 aromatic heterocycles. The average molecular weight is 302 g/mol. The first-order valence-electron chi connectivity index (χ1n) is 6.43. The van der Waals surface area contributed by atoms with Gasteiger partial charge < -0.3 is 0 Å². The van der Waals surface area contributed by atoms with Gasteiger partial charge in [-0.2, -0.15) is 5.10 Å². The summed E-state index contributed by atoms with van der Waals surface area (Å²) in [5, 5.41) is 7.96. The molecule has 21 heavy (non-hydrogen) atoms. The highest BCUT2D eigenvalue weighted by Gasteiger charge is 2.21. The molecule has 0 saturated carbocycles. The normalized spacial score (nSPS) is 13.4. The first-order valence-corrected chi connectivity index (χ1v) is 7.91. The fourth-order valence-corrected chi connectivity index (χ4v) is 3.64. The molecule has 1 unspecified atom stereocenters. The lowest BCUT2D eigenvalue weighted by molar-refractivity contribution is 0.561. The molecule has 108 valence electrons. The minimum absolute atomic E-state index is 0.256. The van der Waals surface area contributed by atoms with Crippen molar-refractivity contribution in [1.29, 1.82) is 0 Å². The van der Waals surface area contributed by atoms with Gasteiger partial charge in [0.2, 0.25) is 10.0 Å². The molecule has 0 fully saturated rings. The highest BCUT2D eigenvalue weighted by Crippen LogP contribution is 2.23. The van der Waals surface area contributed by atoms with Crippen LogP contribution in [-0.2, 0) is 10.0 Å². The van der Waals surface area contributed by atoms with Crippen LogP contribution in [-0.4, -0.2) is 23.6 Å². The first-order chi connectivity index (χ1) is 10.1. The highest BCUT2D eigenvalue weighted by molar-refractivity contribution is 7.89. The van der Waals surface area contributed by atoms with Crippen LogP contribution < -0.4 is 4.72 Å². The molecule has 0 bridgehead atoms. The van der Waals surface area contributed by atoms with Crippen LogP contribution >= 0.6 is 0 Å². The fraction of sp³-hybridized carbons (Fsp3) is 0.143. The van der Waals surface area contributed by atoms with E-state index in [1.807, 2.05) is 24.3 Å². The van der Waals surface area contributed by atoms with E-state index in [9.17, 15) is 8.42 Å². The van der Waals surface area contributed by atoms with Crippen molar-refractivity contribution in [2.24, 2.45) is 0 Å². The van der Waals surface area contributed by atoms with Crippen LogP contribution in [0.15, 0.2) is 53.7 Å². The Bertz CT molecular complexity index is 854. The summed E-state index contributed by atoms with van der Waals surface area (Å²) in [6.07, 6.45) is 1.35. The summed E-state index contributed by atoms with van der Waals surface area (Å²) in [5.41, 5.74) is 0. The zero-order chi connectivity index (χ0) is 14.9. The lowest BCUT2D eigenvalue weighted by Crippen LogP contribution is -2.27. The zero-order valence-electron chi connectivity index (χ0n) is 11.3. The second-order valence-electron chi connectivity index (χ2n) is 4.69. The van der Waals surface area contributed by atoms with Crippen LogP contribution in [0.1, 0.15) is 18.8 Å². The van der Waals surface area contributed by atoms with E-state index in [1.54, 1.807) is 25.1 Å². The molecular formula is C14H14N4O2S. The maximum Gasteiger partial charge on any atom is 0.241 e. The Labute approximate surface area is 122 Å². The summed E-state index contributed by atoms with van der Waals surface area (Å²) >= 11 is 0. The second kappa shape index (κ2) is 5.27. The van der Waals surface area contributed by atoms with E-state index < -0.39 is 16.1 Å². The van der Waals surface area contributed by atoms with E-state index in [0.29, 0.717) is 11.2 Å². The Morgan fingerprint density at radius 1 is 1.14 bits per heavy atom. The maximum absolute atomic E-state index is 12.6. The number of aromatic nitrogens is 3. The van der Waals surface area contributed by atoms with Crippen molar-refractivity contribution < 1.29 is 8.42 Å². The van der Waals surface area contributed by atoms with E-state index >= 15 is 0 Å². The van der Waals surface area contributed by atoms with Gasteiger partial charge in [0.15, 0.2) is 0 Å². The lowest BCUT2D eigenvalue weighted by atomic mass is 10.1. The van der Waals surface area contributed by atoms with Crippen molar-refractivity contribution in [2.75, 3.05) is 0 Å². The van der Waals surface area contributed by atoms with Crippen molar-refractivity contribution in [1.82, 2.24) is 19.9 Å². The predicted octanol–water partition coefficient (Wildman–Crippen LogP) is 2.00. The topological polar surface area (TPSA) is 87.7 Å². The molecule has 2 aromatic carbocycles. The molecule has 2 N–H and O–H groups in total. The number of hydrogen-bond acceptors (Lipinski definition) is 4. The van der Waals surface area contributed by atoms with Gasteiger partial charge in [0.1, 0.15) is 12.2 Å². The third-order valence-electron chi connectivity index (χ3n) is 3.21. The molecule has 0 aliphatic heterocycles. The number of H-pyrrole nitrogens is 1. The van der Waals surface area contributed by atoms with E-state index in [0.717, 1.165) is 5.39 Å². The van der Waals surface area contributed by atoms with E-state index in [4.69, 9.17) is 0 Å². The van der Waals surface area contributed by atoms with Gasteiger partial charge in [0.05, 0.1) is 10.9 Å². The molecule has 3 rings (SSSR count). The van der Waals surface area contributed by atoms with Crippen LogP contribution in [0.2, 0.25) is 0 Å². The van der Waals surface area contributed by atoms with Crippen molar-refractivity contribution >= 4 is 20.8 Å². The van der Waals surface area contributed by atoms with E-state index in [1.165, 1.54) is 6.33 Å². The van der Waals surface area contributed by atoms with Crippen molar-refractivity contribution in [3.8, 4) is 0 Å². The SMILES string of the molecule is CC(NS(=O)(=O)c1cccc2ccccc12)c1ncn[nH]1. The van der Waals surface area contributed by atoms with E-state index in [2.05, 4.69) is 19.9 Å². The molecular weight excluding hydrogens is 288 g/mol. The average Bonchev–Trinajstić information content (AvgIpc) is 3.00. The fourth-order valence-electron chi connectivity index (χ4n) is 2.21. The van der Waals surface area contributed by atoms with Crippen molar-refractivity contribution in [3.05, 3.63) is 54.6 Å². The summed E-state index contributed by atoms with van der Waals surface area (Å²) in [6.45, 7) is 1.71. The minimum atomic E-state index is -3.65. The molecule has 0 aliphatic carbocycles. The molecule has 0 aliphatic rings. The van der Waals surface area contributed by atoms with Gasteiger partial charge in [-0.3, -0.25) is 5.10 Å². The Morgan fingerprint density at radius 3 is 2.67 bits per heavy atom. The molecule has 7 heteroatoms. The van der Waals surface area contributed by atoms with Crippen LogP contribution in [0.25, 0.3) is 10.8 Å². The van der Waals surface area contributed by atoms with Gasteiger partial charge in [-0.05, 0) is 18.4 Å². The third-order valence-corrected chi connectivity index (χ3v) is 4.81. The number of fused-ring (bicyclic) bond motifs is 1. The van der Waals surface area contributed by atoms with Gasteiger partial charge in [-0.15, -0.1) is 0 Å². The number of hydrogen-bond donors (Lipinski definition) is 2. The number of rotatable bonds is 4. The highest BCUT2D eigenvalue weighted by atomic mass is 32.2. The Kier molecular flexibility index (Phi) is 3.44. The molecule has 3 aromatic rings.